The van der Waals surface area contributed by atoms with Gasteiger partial charge in [0.25, 0.3) is 0 Å². The number of para-hydroxylation sites is 2. The second kappa shape index (κ2) is 12.5. The quantitative estimate of drug-likeness (QED) is 0.121. The minimum Gasteiger partial charge on any atom is -0.480 e. The van der Waals surface area contributed by atoms with Crippen LogP contribution < -0.4 is 21.7 Å². The maximum atomic E-state index is 13.5. The molecule has 39 heavy (non-hydrogen) atoms. The number of rotatable bonds is 12. The Morgan fingerprint density at radius 2 is 1.26 bits per heavy atom. The van der Waals surface area contributed by atoms with Crippen LogP contribution in [0, 0.1) is 0 Å². The third kappa shape index (κ3) is 6.59. The second-order valence-corrected chi connectivity index (χ2v) is 9.46. The van der Waals surface area contributed by atoms with Crippen molar-refractivity contribution in [3.63, 3.8) is 0 Å². The van der Waals surface area contributed by atoms with Crippen molar-refractivity contribution in [1.29, 1.82) is 0 Å². The molecule has 2 heterocycles. The summed E-state index contributed by atoms with van der Waals surface area (Å²) in [6.45, 7) is -0.315. The number of carboxylic acid groups (broad SMARTS) is 1. The largest absolute Gasteiger partial charge is 0.480 e. The van der Waals surface area contributed by atoms with Crippen LogP contribution in [0.3, 0.4) is 0 Å². The molecule has 0 aliphatic carbocycles. The molecule has 204 valence electrons. The zero-order valence-electron chi connectivity index (χ0n) is 20.9. The Morgan fingerprint density at radius 3 is 1.77 bits per heavy atom. The number of hydrogen-bond acceptors (Lipinski definition) is 6. The lowest BCUT2D eigenvalue weighted by Crippen LogP contribution is -2.57. The van der Waals surface area contributed by atoms with Gasteiger partial charge in [-0.25, -0.2) is 4.79 Å². The van der Waals surface area contributed by atoms with Crippen molar-refractivity contribution in [3.8, 4) is 0 Å². The number of nitrogens with two attached hydrogens (primary N) is 1. The highest BCUT2D eigenvalue weighted by Crippen LogP contribution is 2.21. The van der Waals surface area contributed by atoms with Crippen LogP contribution in [0.4, 0.5) is 0 Å². The van der Waals surface area contributed by atoms with E-state index in [4.69, 9.17) is 5.73 Å². The summed E-state index contributed by atoms with van der Waals surface area (Å²) in [5.74, 6) is -3.11. The van der Waals surface area contributed by atoms with Crippen molar-refractivity contribution in [3.05, 3.63) is 72.1 Å². The summed E-state index contributed by atoms with van der Waals surface area (Å²) in [7, 11) is 0. The van der Waals surface area contributed by atoms with E-state index in [1.165, 1.54) is 0 Å². The molecule has 0 saturated carbocycles. The standard InChI is InChI=1S/C27H30N6O5S/c28-11-24(34)31-23(14-39)26(36)32-21(9-15-12-29-19-7-3-1-5-17(15)19)25(35)33-22(27(37)38)10-16-13-30-20-8-4-2-6-18(16)20/h1-8,12-13,21-23,29-30,39H,9-11,14,28H2,(H,31,34)(H,32,36)(H,33,35)(H,37,38). The molecule has 3 atom stereocenters. The topological polar surface area (TPSA) is 182 Å². The SMILES string of the molecule is NCC(=O)NC(CS)C(=O)NC(Cc1c[nH]c2ccccc12)C(=O)NC(Cc1c[nH]c2ccccc12)C(=O)O. The summed E-state index contributed by atoms with van der Waals surface area (Å²) in [5, 5.41) is 19.4. The van der Waals surface area contributed by atoms with Crippen LogP contribution in [0.2, 0.25) is 0 Å². The van der Waals surface area contributed by atoms with Crippen LogP contribution in [-0.2, 0) is 32.0 Å². The third-order valence-electron chi connectivity index (χ3n) is 6.47. The second-order valence-electron chi connectivity index (χ2n) is 9.09. The van der Waals surface area contributed by atoms with Gasteiger partial charge >= 0.3 is 5.97 Å². The molecule has 2 aromatic carbocycles. The summed E-state index contributed by atoms with van der Waals surface area (Å²) in [6.07, 6.45) is 3.56. The zero-order chi connectivity index (χ0) is 27.9. The Morgan fingerprint density at radius 1 is 0.769 bits per heavy atom. The number of H-pyrrole nitrogens is 2. The molecule has 0 bridgehead atoms. The minimum atomic E-state index is -1.25. The molecule has 2 aromatic heterocycles. The summed E-state index contributed by atoms with van der Waals surface area (Å²) < 4.78 is 0. The number of hydrogen-bond donors (Lipinski definition) is 8. The fourth-order valence-electron chi connectivity index (χ4n) is 4.44. The molecule has 0 saturated heterocycles. The van der Waals surface area contributed by atoms with E-state index in [0.717, 1.165) is 32.9 Å². The minimum absolute atomic E-state index is 0.0304. The van der Waals surface area contributed by atoms with Gasteiger partial charge in [-0.05, 0) is 23.3 Å². The molecule has 0 spiro atoms. The summed E-state index contributed by atoms with van der Waals surface area (Å²) in [5.41, 5.74) is 8.53. The number of thiol groups is 1. The Labute approximate surface area is 229 Å². The maximum absolute atomic E-state index is 13.5. The van der Waals surface area contributed by atoms with Crippen molar-refractivity contribution in [2.45, 2.75) is 31.0 Å². The molecule has 3 amide bonds. The normalized spacial score (nSPS) is 13.5. The smallest absolute Gasteiger partial charge is 0.326 e. The van der Waals surface area contributed by atoms with Gasteiger partial charge in [0.05, 0.1) is 6.54 Å². The van der Waals surface area contributed by atoms with E-state index in [2.05, 4.69) is 38.5 Å². The van der Waals surface area contributed by atoms with Crippen molar-refractivity contribution >= 4 is 58.1 Å². The molecule has 0 radical (unpaired) electrons. The van der Waals surface area contributed by atoms with Crippen molar-refractivity contribution < 1.29 is 24.3 Å². The van der Waals surface area contributed by atoms with Crippen LogP contribution in [0.15, 0.2) is 60.9 Å². The Hall–Kier alpha value is -4.29. The first-order valence-electron chi connectivity index (χ1n) is 12.3. The molecule has 4 rings (SSSR count). The highest BCUT2D eigenvalue weighted by atomic mass is 32.1. The average Bonchev–Trinajstić information content (AvgIpc) is 3.54. The Kier molecular flexibility index (Phi) is 8.89. The number of aliphatic carboxylic acids is 1. The van der Waals surface area contributed by atoms with Gasteiger partial charge in [-0.2, -0.15) is 12.6 Å². The lowest BCUT2D eigenvalue weighted by atomic mass is 10.0. The van der Waals surface area contributed by atoms with Gasteiger partial charge in [0, 0.05) is 52.8 Å². The highest BCUT2D eigenvalue weighted by molar-refractivity contribution is 7.80. The number of carbonyl (C=O) groups is 4. The predicted octanol–water partition coefficient (Wildman–Crippen LogP) is 0.862. The predicted molar refractivity (Wildman–Crippen MR) is 150 cm³/mol. The lowest BCUT2D eigenvalue weighted by Gasteiger charge is -2.24. The van der Waals surface area contributed by atoms with Gasteiger partial charge in [0.1, 0.15) is 18.1 Å². The number of nitrogens with one attached hydrogen (secondary N) is 5. The van der Waals surface area contributed by atoms with Gasteiger partial charge in [-0.15, -0.1) is 0 Å². The van der Waals surface area contributed by atoms with Gasteiger partial charge in [-0.1, -0.05) is 36.4 Å². The van der Waals surface area contributed by atoms with Crippen LogP contribution in [0.25, 0.3) is 21.8 Å². The van der Waals surface area contributed by atoms with Gasteiger partial charge in [0.2, 0.25) is 17.7 Å². The van der Waals surface area contributed by atoms with Crippen molar-refractivity contribution in [1.82, 2.24) is 25.9 Å². The van der Waals surface area contributed by atoms with E-state index in [0.29, 0.717) is 0 Å². The molecular formula is C27H30N6O5S. The Balaban J connectivity index is 1.57. The van der Waals surface area contributed by atoms with Crippen molar-refractivity contribution in [2.75, 3.05) is 12.3 Å². The summed E-state index contributed by atoms with van der Waals surface area (Å²) in [6, 6.07) is 11.5. The number of aromatic nitrogens is 2. The van der Waals surface area contributed by atoms with Gasteiger partial charge < -0.3 is 36.8 Å². The summed E-state index contributed by atoms with van der Waals surface area (Å²) in [4.78, 5) is 56.7. The van der Waals surface area contributed by atoms with E-state index in [9.17, 15) is 24.3 Å². The first kappa shape index (κ1) is 27.7. The number of fused-ring (bicyclic) bond motifs is 2. The molecule has 0 aliphatic heterocycles. The molecule has 0 fully saturated rings. The monoisotopic (exact) mass is 550 g/mol. The van der Waals surface area contributed by atoms with Gasteiger partial charge in [0.15, 0.2) is 0 Å². The highest BCUT2D eigenvalue weighted by Gasteiger charge is 2.30. The first-order chi connectivity index (χ1) is 18.8. The van der Waals surface area contributed by atoms with E-state index < -0.39 is 41.8 Å². The first-order valence-corrected chi connectivity index (χ1v) is 13.0. The summed E-state index contributed by atoms with van der Waals surface area (Å²) >= 11 is 4.14. The molecule has 3 unspecified atom stereocenters. The maximum Gasteiger partial charge on any atom is 0.326 e. The fraction of sp³-hybridized carbons (Fsp3) is 0.259. The fourth-order valence-corrected chi connectivity index (χ4v) is 4.70. The number of benzene rings is 2. The average molecular weight is 551 g/mol. The van der Waals surface area contributed by atoms with E-state index in [1.807, 2.05) is 48.5 Å². The molecule has 4 aromatic rings. The molecular weight excluding hydrogens is 520 g/mol. The molecule has 11 nitrogen and oxygen atoms in total. The number of carboxylic acids is 1. The zero-order valence-corrected chi connectivity index (χ0v) is 21.8. The molecule has 8 N–H and O–H groups in total. The van der Waals surface area contributed by atoms with E-state index >= 15 is 0 Å². The van der Waals surface area contributed by atoms with E-state index in [-0.39, 0.29) is 25.1 Å². The Bertz CT molecular complexity index is 1500. The van der Waals surface area contributed by atoms with Crippen LogP contribution >= 0.6 is 12.6 Å². The number of aromatic amines is 2. The van der Waals surface area contributed by atoms with Crippen LogP contribution in [0.5, 0.6) is 0 Å². The number of carbonyl (C=O) groups excluding carboxylic acids is 3. The lowest BCUT2D eigenvalue weighted by molar-refractivity contribution is -0.142. The van der Waals surface area contributed by atoms with Crippen LogP contribution in [0.1, 0.15) is 11.1 Å². The van der Waals surface area contributed by atoms with E-state index in [1.54, 1.807) is 12.4 Å². The third-order valence-corrected chi connectivity index (χ3v) is 6.83. The molecule has 12 heteroatoms. The molecule has 0 aliphatic rings. The van der Waals surface area contributed by atoms with Gasteiger partial charge in [-0.3, -0.25) is 14.4 Å². The van der Waals surface area contributed by atoms with Crippen molar-refractivity contribution in [2.24, 2.45) is 5.73 Å². The van der Waals surface area contributed by atoms with Crippen LogP contribution in [-0.4, -0.2) is 69.2 Å². The number of amides is 3.